The predicted molar refractivity (Wildman–Crippen MR) is 45.3 cm³/mol. The largest absolute Gasteiger partial charge is 0.800 e. The van der Waals surface area contributed by atoms with Gasteiger partial charge in [-0.2, -0.15) is 0 Å². The SMILES string of the molecule is NCCC1CCS([O-])([O-])CC1. The molecule has 0 aromatic rings. The van der Waals surface area contributed by atoms with E-state index in [4.69, 9.17) is 5.73 Å². The molecule has 1 saturated heterocycles. The molecule has 0 aliphatic carbocycles. The fourth-order valence-corrected chi connectivity index (χ4v) is 3.05. The normalized spacial score (nSPS) is 28.3. The number of hydrogen-bond acceptors (Lipinski definition) is 3. The van der Waals surface area contributed by atoms with Gasteiger partial charge in [-0.1, -0.05) is 0 Å². The molecule has 0 aromatic carbocycles. The van der Waals surface area contributed by atoms with Crippen LogP contribution < -0.4 is 5.73 Å². The Labute approximate surface area is 69.3 Å². The minimum absolute atomic E-state index is 0.373. The number of rotatable bonds is 2. The first-order valence-corrected chi connectivity index (χ1v) is 5.87. The van der Waals surface area contributed by atoms with E-state index in [1.165, 1.54) is 0 Å². The second-order valence-corrected chi connectivity index (χ2v) is 5.48. The van der Waals surface area contributed by atoms with Gasteiger partial charge in [-0.3, -0.25) is 0 Å². The summed E-state index contributed by atoms with van der Waals surface area (Å²) < 4.78 is 21.9. The highest BCUT2D eigenvalue weighted by Crippen LogP contribution is 2.45. The molecule has 3 nitrogen and oxygen atoms in total. The first-order valence-electron chi connectivity index (χ1n) is 4.04. The van der Waals surface area contributed by atoms with Crippen molar-refractivity contribution in [3.05, 3.63) is 0 Å². The first kappa shape index (κ1) is 9.32. The van der Waals surface area contributed by atoms with Gasteiger partial charge in [-0.15, -0.1) is 0 Å². The highest BCUT2D eigenvalue weighted by Gasteiger charge is 2.14. The van der Waals surface area contributed by atoms with Gasteiger partial charge in [-0.05, 0) is 43.2 Å². The van der Waals surface area contributed by atoms with Gasteiger partial charge in [-0.25, -0.2) is 0 Å². The number of hydrogen-bond donors (Lipinski definition) is 1. The van der Waals surface area contributed by atoms with E-state index < -0.39 is 10.6 Å². The lowest BCUT2D eigenvalue weighted by molar-refractivity contribution is 0.386. The van der Waals surface area contributed by atoms with Gasteiger partial charge < -0.3 is 25.4 Å². The minimum Gasteiger partial charge on any atom is -0.800 e. The highest BCUT2D eigenvalue weighted by atomic mass is 32.3. The Morgan fingerprint density at radius 2 is 1.82 bits per heavy atom. The molecule has 0 aromatic heterocycles. The van der Waals surface area contributed by atoms with Crippen LogP contribution in [0, 0.1) is 5.92 Å². The second kappa shape index (κ2) is 3.76. The lowest BCUT2D eigenvalue weighted by atomic mass is 9.99. The molecule has 11 heavy (non-hydrogen) atoms. The van der Waals surface area contributed by atoms with Gasteiger partial charge in [0.2, 0.25) is 0 Å². The average Bonchev–Trinajstić information content (AvgIpc) is 1.94. The van der Waals surface area contributed by atoms with E-state index >= 15 is 0 Å². The third-order valence-corrected chi connectivity index (χ3v) is 3.96. The molecule has 0 radical (unpaired) electrons. The molecule has 1 aliphatic rings. The van der Waals surface area contributed by atoms with E-state index in [1.54, 1.807) is 0 Å². The van der Waals surface area contributed by atoms with Gasteiger partial charge in [0.25, 0.3) is 0 Å². The molecule has 1 fully saturated rings. The van der Waals surface area contributed by atoms with Crippen LogP contribution in [0.2, 0.25) is 0 Å². The highest BCUT2D eigenvalue weighted by molar-refractivity contribution is 8.24. The topological polar surface area (TPSA) is 72.1 Å². The Bertz CT molecular complexity index is 120. The molecule has 1 aliphatic heterocycles. The Hall–Kier alpha value is 0.230. The van der Waals surface area contributed by atoms with Crippen LogP contribution in [0.5, 0.6) is 0 Å². The lowest BCUT2D eigenvalue weighted by Gasteiger charge is -2.63. The summed E-state index contributed by atoms with van der Waals surface area (Å²) in [6.45, 7) is 0.685. The molecule has 4 heteroatoms. The maximum absolute atomic E-state index is 11.0. The lowest BCUT2D eigenvalue weighted by Crippen LogP contribution is -2.22. The molecule has 0 atom stereocenters. The molecule has 0 saturated carbocycles. The van der Waals surface area contributed by atoms with Gasteiger partial charge in [0.15, 0.2) is 0 Å². The second-order valence-electron chi connectivity index (χ2n) is 3.17. The Kier molecular flexibility index (Phi) is 3.18. The van der Waals surface area contributed by atoms with Crippen molar-refractivity contribution in [3.63, 3.8) is 0 Å². The predicted octanol–water partition coefficient (Wildman–Crippen LogP) is 0.811. The first-order chi connectivity index (χ1) is 5.14. The van der Waals surface area contributed by atoms with Crippen molar-refractivity contribution in [3.8, 4) is 0 Å². The zero-order valence-corrected chi connectivity index (χ0v) is 7.44. The summed E-state index contributed by atoms with van der Waals surface area (Å²) in [7, 11) is -2.67. The van der Waals surface area contributed by atoms with E-state index in [9.17, 15) is 9.11 Å². The third kappa shape index (κ3) is 2.99. The molecule has 0 spiro atoms. The molecule has 2 N–H and O–H groups in total. The molecule has 0 bridgehead atoms. The molecule has 1 heterocycles. The molecule has 1 rings (SSSR count). The molecular formula is C7H15NO2S-2. The van der Waals surface area contributed by atoms with Crippen molar-refractivity contribution in [2.24, 2.45) is 11.7 Å². The van der Waals surface area contributed by atoms with Crippen LogP contribution in [0.25, 0.3) is 0 Å². The van der Waals surface area contributed by atoms with Crippen LogP contribution in [0.3, 0.4) is 0 Å². The summed E-state index contributed by atoms with van der Waals surface area (Å²) in [5, 5.41) is 0. The average molecular weight is 177 g/mol. The van der Waals surface area contributed by atoms with Gasteiger partial charge in [0.05, 0.1) is 0 Å². The van der Waals surface area contributed by atoms with Crippen LogP contribution in [0.4, 0.5) is 0 Å². The summed E-state index contributed by atoms with van der Waals surface area (Å²) in [6, 6.07) is 0. The molecule has 0 unspecified atom stereocenters. The maximum Gasteiger partial charge on any atom is -0.00746 e. The van der Waals surface area contributed by atoms with Gasteiger partial charge in [0.1, 0.15) is 0 Å². The van der Waals surface area contributed by atoms with Crippen LogP contribution >= 0.6 is 10.6 Å². The maximum atomic E-state index is 11.0. The van der Waals surface area contributed by atoms with Gasteiger partial charge >= 0.3 is 0 Å². The van der Waals surface area contributed by atoms with Crippen molar-refractivity contribution in [1.29, 1.82) is 0 Å². The fourth-order valence-electron chi connectivity index (χ4n) is 1.46. The zero-order chi connectivity index (χ0) is 8.32. The van der Waals surface area contributed by atoms with Crippen molar-refractivity contribution >= 4 is 10.6 Å². The quantitative estimate of drug-likeness (QED) is 0.678. The van der Waals surface area contributed by atoms with Crippen molar-refractivity contribution in [2.45, 2.75) is 19.3 Å². The summed E-state index contributed by atoms with van der Waals surface area (Å²) in [5.74, 6) is 1.30. The summed E-state index contributed by atoms with van der Waals surface area (Å²) in [5.41, 5.74) is 5.38. The van der Waals surface area contributed by atoms with E-state index in [-0.39, 0.29) is 0 Å². The van der Waals surface area contributed by atoms with Crippen LogP contribution in [0.1, 0.15) is 19.3 Å². The fraction of sp³-hybridized carbons (Fsp3) is 1.00. The smallest absolute Gasteiger partial charge is 0.00746 e. The van der Waals surface area contributed by atoms with Crippen molar-refractivity contribution in [2.75, 3.05) is 18.1 Å². The Balaban J connectivity index is 2.25. The summed E-state index contributed by atoms with van der Waals surface area (Å²) >= 11 is 0. The Morgan fingerprint density at radius 1 is 1.27 bits per heavy atom. The van der Waals surface area contributed by atoms with Crippen molar-refractivity contribution < 1.29 is 9.11 Å². The van der Waals surface area contributed by atoms with E-state index in [0.29, 0.717) is 24.0 Å². The van der Waals surface area contributed by atoms with E-state index in [1.807, 2.05) is 0 Å². The molecule has 68 valence electrons. The summed E-state index contributed by atoms with van der Waals surface area (Å²) in [6.07, 6.45) is 2.62. The van der Waals surface area contributed by atoms with Crippen LogP contribution in [-0.4, -0.2) is 27.2 Å². The summed E-state index contributed by atoms with van der Waals surface area (Å²) in [4.78, 5) is 0. The van der Waals surface area contributed by atoms with Crippen LogP contribution in [0.15, 0.2) is 0 Å². The minimum atomic E-state index is -2.67. The molecule has 0 amide bonds. The van der Waals surface area contributed by atoms with Crippen LogP contribution in [-0.2, 0) is 0 Å². The third-order valence-electron chi connectivity index (χ3n) is 2.25. The zero-order valence-electron chi connectivity index (χ0n) is 6.62. The standard InChI is InChI=1S/C7H17NO2S/c8-4-1-7-2-5-11(9,10)6-3-7/h7,9-10H,1-6,8H2/p-2. The van der Waals surface area contributed by atoms with Gasteiger partial charge in [0, 0.05) is 0 Å². The number of nitrogens with two attached hydrogens (primary N) is 1. The van der Waals surface area contributed by atoms with E-state index in [2.05, 4.69) is 0 Å². The number of sulfone groups is 1. The monoisotopic (exact) mass is 177 g/mol. The van der Waals surface area contributed by atoms with E-state index in [0.717, 1.165) is 19.3 Å². The van der Waals surface area contributed by atoms with Crippen molar-refractivity contribution in [1.82, 2.24) is 0 Å². The molecular weight excluding hydrogens is 162 g/mol. The Morgan fingerprint density at radius 3 is 2.27 bits per heavy atom.